The van der Waals surface area contributed by atoms with E-state index in [1.807, 2.05) is 13.8 Å². The molecule has 0 aromatic heterocycles. The first-order chi connectivity index (χ1) is 9.77. The molecule has 2 N–H and O–H groups in total. The molecular formula is C13H16Cl2N2O4. The van der Waals surface area contributed by atoms with E-state index in [-0.39, 0.29) is 39.9 Å². The van der Waals surface area contributed by atoms with E-state index < -0.39 is 10.8 Å². The molecule has 1 unspecified atom stereocenters. The smallest absolute Gasteiger partial charge is 0.271 e. The van der Waals surface area contributed by atoms with Gasteiger partial charge in [-0.15, -0.1) is 0 Å². The van der Waals surface area contributed by atoms with Crippen LogP contribution >= 0.6 is 23.2 Å². The molecule has 0 bridgehead atoms. The standard InChI is InChI=1S/C13H16Cl2N2O4/c1-7(2)11(3-4-18)16-13(19)9-5-8(17(20)21)6-10(14)12(9)15/h5-7,11,18H,3-4H2,1-2H3,(H,16,19). The number of aliphatic hydroxyl groups is 1. The van der Waals surface area contributed by atoms with Crippen molar-refractivity contribution in [3.63, 3.8) is 0 Å². The van der Waals surface area contributed by atoms with Crippen molar-refractivity contribution < 1.29 is 14.8 Å². The van der Waals surface area contributed by atoms with Gasteiger partial charge in [0.25, 0.3) is 11.6 Å². The summed E-state index contributed by atoms with van der Waals surface area (Å²) in [6, 6.07) is 1.91. The molecule has 6 nitrogen and oxygen atoms in total. The third-order valence-corrected chi connectivity index (χ3v) is 3.83. The van der Waals surface area contributed by atoms with Crippen LogP contribution in [0.1, 0.15) is 30.6 Å². The predicted octanol–water partition coefficient (Wildman–Crippen LogP) is 3.04. The molecule has 0 heterocycles. The van der Waals surface area contributed by atoms with Crippen LogP contribution in [0.25, 0.3) is 0 Å². The molecule has 0 radical (unpaired) electrons. The molecule has 1 amide bonds. The first-order valence-corrected chi connectivity index (χ1v) is 7.08. The molecule has 0 spiro atoms. The highest BCUT2D eigenvalue weighted by Crippen LogP contribution is 2.31. The van der Waals surface area contributed by atoms with Crippen LogP contribution in [0, 0.1) is 16.0 Å². The normalized spacial score (nSPS) is 12.3. The average molecular weight is 335 g/mol. The second kappa shape index (κ2) is 7.59. The number of carbonyl (C=O) groups excluding carboxylic acids is 1. The third kappa shape index (κ3) is 4.56. The van der Waals surface area contributed by atoms with E-state index in [9.17, 15) is 14.9 Å². The van der Waals surface area contributed by atoms with Crippen molar-refractivity contribution in [3.05, 3.63) is 37.9 Å². The molecule has 0 fully saturated rings. The van der Waals surface area contributed by atoms with E-state index in [1.165, 1.54) is 0 Å². The fourth-order valence-corrected chi connectivity index (χ4v) is 2.21. The Bertz CT molecular complexity index is 549. The SMILES string of the molecule is CC(C)C(CCO)NC(=O)c1cc([N+](=O)[O-])cc(Cl)c1Cl. The zero-order chi connectivity index (χ0) is 16.2. The number of nitrogens with one attached hydrogen (secondary N) is 1. The summed E-state index contributed by atoms with van der Waals surface area (Å²) in [6.07, 6.45) is 0.379. The molecule has 1 rings (SSSR count). The zero-order valence-electron chi connectivity index (χ0n) is 11.6. The summed E-state index contributed by atoms with van der Waals surface area (Å²) in [5.41, 5.74) is -0.364. The number of carbonyl (C=O) groups is 1. The highest BCUT2D eigenvalue weighted by atomic mass is 35.5. The first kappa shape index (κ1) is 17.7. The van der Waals surface area contributed by atoms with Crippen LogP contribution in [0.4, 0.5) is 5.69 Å². The minimum absolute atomic E-state index is 0.0359. The Morgan fingerprint density at radius 1 is 1.43 bits per heavy atom. The quantitative estimate of drug-likeness (QED) is 0.617. The van der Waals surface area contributed by atoms with Gasteiger partial charge in [-0.3, -0.25) is 14.9 Å². The predicted molar refractivity (Wildman–Crippen MR) is 80.9 cm³/mol. The monoisotopic (exact) mass is 334 g/mol. The molecule has 8 heteroatoms. The zero-order valence-corrected chi connectivity index (χ0v) is 13.1. The van der Waals surface area contributed by atoms with Crippen LogP contribution in [-0.4, -0.2) is 28.6 Å². The Morgan fingerprint density at radius 3 is 2.52 bits per heavy atom. The molecule has 1 aromatic carbocycles. The summed E-state index contributed by atoms with van der Waals surface area (Å²) in [6.45, 7) is 3.71. The topological polar surface area (TPSA) is 92.5 Å². The summed E-state index contributed by atoms with van der Waals surface area (Å²) in [7, 11) is 0. The third-order valence-electron chi connectivity index (χ3n) is 3.03. The lowest BCUT2D eigenvalue weighted by molar-refractivity contribution is -0.384. The Kier molecular flexibility index (Phi) is 6.39. The Hall–Kier alpha value is -1.37. The number of benzene rings is 1. The molecule has 1 atom stereocenters. The van der Waals surface area contributed by atoms with E-state index in [0.717, 1.165) is 12.1 Å². The number of hydrogen-bond donors (Lipinski definition) is 2. The van der Waals surface area contributed by atoms with E-state index in [2.05, 4.69) is 5.32 Å². The number of nitrogens with zero attached hydrogens (tertiary/aromatic N) is 1. The van der Waals surface area contributed by atoms with Crippen molar-refractivity contribution >= 4 is 34.8 Å². The lowest BCUT2D eigenvalue weighted by Crippen LogP contribution is -2.39. The first-order valence-electron chi connectivity index (χ1n) is 6.33. The fourth-order valence-electron chi connectivity index (χ4n) is 1.80. The van der Waals surface area contributed by atoms with Gasteiger partial charge in [-0.2, -0.15) is 0 Å². The minimum Gasteiger partial charge on any atom is -0.396 e. The van der Waals surface area contributed by atoms with E-state index in [1.54, 1.807) is 0 Å². The van der Waals surface area contributed by atoms with Gasteiger partial charge in [-0.1, -0.05) is 37.0 Å². The number of rotatable bonds is 6. The summed E-state index contributed by atoms with van der Waals surface area (Å²) in [4.78, 5) is 22.4. The fraction of sp³-hybridized carbons (Fsp3) is 0.462. The van der Waals surface area contributed by atoms with Crippen LogP contribution < -0.4 is 5.32 Å². The molecule has 21 heavy (non-hydrogen) atoms. The lowest BCUT2D eigenvalue weighted by atomic mass is 10.0. The second-order valence-corrected chi connectivity index (χ2v) is 5.67. The average Bonchev–Trinajstić information content (AvgIpc) is 2.40. The summed E-state index contributed by atoms with van der Waals surface area (Å²) >= 11 is 11.8. The largest absolute Gasteiger partial charge is 0.396 e. The maximum Gasteiger partial charge on any atom is 0.271 e. The van der Waals surface area contributed by atoms with E-state index in [4.69, 9.17) is 28.3 Å². The van der Waals surface area contributed by atoms with Gasteiger partial charge in [0, 0.05) is 24.8 Å². The lowest BCUT2D eigenvalue weighted by Gasteiger charge is -2.21. The van der Waals surface area contributed by atoms with Gasteiger partial charge in [-0.05, 0) is 12.3 Å². The second-order valence-electron chi connectivity index (χ2n) is 4.88. The summed E-state index contributed by atoms with van der Waals surface area (Å²) in [5.74, 6) is -0.466. The number of non-ortho nitro benzene ring substituents is 1. The van der Waals surface area contributed by atoms with Crippen molar-refractivity contribution in [1.29, 1.82) is 0 Å². The van der Waals surface area contributed by atoms with Crippen LogP contribution in [-0.2, 0) is 0 Å². The number of halogens is 2. The molecular weight excluding hydrogens is 319 g/mol. The maximum absolute atomic E-state index is 12.2. The van der Waals surface area contributed by atoms with Crippen molar-refractivity contribution in [2.75, 3.05) is 6.61 Å². The number of hydrogen-bond acceptors (Lipinski definition) is 4. The van der Waals surface area contributed by atoms with Crippen LogP contribution in [0.15, 0.2) is 12.1 Å². The van der Waals surface area contributed by atoms with Gasteiger partial charge in [0.1, 0.15) is 0 Å². The minimum atomic E-state index is -0.646. The van der Waals surface area contributed by atoms with Gasteiger partial charge in [-0.25, -0.2) is 0 Å². The highest BCUT2D eigenvalue weighted by Gasteiger charge is 2.22. The molecule has 1 aromatic rings. The van der Waals surface area contributed by atoms with Gasteiger partial charge in [0.05, 0.1) is 20.5 Å². The van der Waals surface area contributed by atoms with Gasteiger partial charge in [0.15, 0.2) is 0 Å². The molecule has 0 saturated carbocycles. The number of aliphatic hydroxyl groups excluding tert-OH is 1. The number of amides is 1. The summed E-state index contributed by atoms with van der Waals surface area (Å²) < 4.78 is 0. The van der Waals surface area contributed by atoms with Gasteiger partial charge >= 0.3 is 0 Å². The van der Waals surface area contributed by atoms with Crippen molar-refractivity contribution in [2.24, 2.45) is 5.92 Å². The van der Waals surface area contributed by atoms with Crippen molar-refractivity contribution in [1.82, 2.24) is 5.32 Å². The molecule has 0 aliphatic heterocycles. The van der Waals surface area contributed by atoms with E-state index >= 15 is 0 Å². The number of nitro benzene ring substituents is 1. The molecule has 0 aliphatic rings. The Morgan fingerprint density at radius 2 is 2.05 bits per heavy atom. The number of nitro groups is 1. The Balaban J connectivity index is 3.09. The van der Waals surface area contributed by atoms with Crippen molar-refractivity contribution in [3.8, 4) is 0 Å². The molecule has 0 saturated heterocycles. The molecule has 0 aliphatic carbocycles. The van der Waals surface area contributed by atoms with Crippen LogP contribution in [0.3, 0.4) is 0 Å². The van der Waals surface area contributed by atoms with Crippen LogP contribution in [0.5, 0.6) is 0 Å². The van der Waals surface area contributed by atoms with Crippen molar-refractivity contribution in [2.45, 2.75) is 26.3 Å². The van der Waals surface area contributed by atoms with Gasteiger partial charge < -0.3 is 10.4 Å². The van der Waals surface area contributed by atoms with E-state index in [0.29, 0.717) is 6.42 Å². The van der Waals surface area contributed by atoms with Gasteiger partial charge in [0.2, 0.25) is 0 Å². The van der Waals surface area contributed by atoms with Crippen LogP contribution in [0.2, 0.25) is 10.0 Å². The Labute approximate surface area is 132 Å². The maximum atomic E-state index is 12.2. The molecule has 116 valence electrons. The summed E-state index contributed by atoms with van der Waals surface area (Å²) in [5, 5.41) is 22.4. The highest BCUT2D eigenvalue weighted by molar-refractivity contribution is 6.44.